The minimum absolute atomic E-state index is 0.537. The van der Waals surface area contributed by atoms with Crippen LogP contribution in [0.4, 0.5) is 0 Å². The molecule has 8 nitrogen and oxygen atoms in total. The van der Waals surface area contributed by atoms with E-state index < -0.39 is 0 Å². The van der Waals surface area contributed by atoms with Gasteiger partial charge in [-0.1, -0.05) is 42.5 Å². The molecule has 0 spiro atoms. The van der Waals surface area contributed by atoms with E-state index in [4.69, 9.17) is 4.99 Å². The topological polar surface area (TPSA) is 84.4 Å². The fourth-order valence-corrected chi connectivity index (χ4v) is 3.77. The molecule has 166 valence electrons. The maximum Gasteiger partial charge on any atom is 0.191 e. The molecular formula is C25H26N8. The van der Waals surface area contributed by atoms with Crippen LogP contribution < -0.4 is 10.6 Å². The Morgan fingerprint density at radius 2 is 1.73 bits per heavy atom. The van der Waals surface area contributed by atoms with Crippen molar-refractivity contribution in [3.63, 3.8) is 0 Å². The van der Waals surface area contributed by atoms with Gasteiger partial charge < -0.3 is 15.2 Å². The quantitative estimate of drug-likeness (QED) is 0.301. The second-order valence-corrected chi connectivity index (χ2v) is 7.77. The molecule has 33 heavy (non-hydrogen) atoms. The zero-order valence-corrected chi connectivity index (χ0v) is 18.5. The Bertz CT molecular complexity index is 1380. The maximum absolute atomic E-state index is 4.73. The predicted octanol–water partition coefficient (Wildman–Crippen LogP) is 3.38. The number of rotatable bonds is 7. The molecule has 0 unspecified atom stereocenters. The summed E-state index contributed by atoms with van der Waals surface area (Å²) >= 11 is 0. The standard InChI is InChI=1S/C25H26N8/c1-2-26-25(28-16-24-31-30-23-9-5-6-14-33(23)24)27-15-19-10-12-20(13-11-19)17-32-18-29-21-7-3-4-8-22(21)32/h3-14,18H,2,15-17H2,1H3,(H2,26,27,28). The lowest BCUT2D eigenvalue weighted by atomic mass is 10.1. The van der Waals surface area contributed by atoms with Crippen LogP contribution in [0.1, 0.15) is 23.9 Å². The van der Waals surface area contributed by atoms with Gasteiger partial charge in [0, 0.05) is 19.3 Å². The molecule has 8 heteroatoms. The van der Waals surface area contributed by atoms with Crippen LogP contribution in [0.2, 0.25) is 0 Å². The first-order valence-corrected chi connectivity index (χ1v) is 11.1. The van der Waals surface area contributed by atoms with Crippen molar-refractivity contribution in [1.82, 2.24) is 34.8 Å². The summed E-state index contributed by atoms with van der Waals surface area (Å²) in [6.07, 6.45) is 3.86. The van der Waals surface area contributed by atoms with Gasteiger partial charge in [0.15, 0.2) is 17.4 Å². The summed E-state index contributed by atoms with van der Waals surface area (Å²) in [6.45, 7) is 4.75. The van der Waals surface area contributed by atoms with Crippen molar-refractivity contribution in [2.45, 2.75) is 26.6 Å². The minimum atomic E-state index is 0.537. The van der Waals surface area contributed by atoms with Gasteiger partial charge in [0.2, 0.25) is 0 Å². The van der Waals surface area contributed by atoms with Crippen LogP contribution >= 0.6 is 0 Å². The lowest BCUT2D eigenvalue weighted by Gasteiger charge is -2.11. The Kier molecular flexibility index (Phi) is 5.97. The number of nitrogens with zero attached hydrogens (tertiary/aromatic N) is 6. The molecule has 0 radical (unpaired) electrons. The van der Waals surface area contributed by atoms with Gasteiger partial charge in [0.1, 0.15) is 0 Å². The second kappa shape index (κ2) is 9.52. The monoisotopic (exact) mass is 438 g/mol. The summed E-state index contributed by atoms with van der Waals surface area (Å²) in [5, 5.41) is 15.1. The zero-order chi connectivity index (χ0) is 22.5. The first kappa shape index (κ1) is 20.7. The van der Waals surface area contributed by atoms with Gasteiger partial charge >= 0.3 is 0 Å². The highest BCUT2D eigenvalue weighted by molar-refractivity contribution is 5.79. The van der Waals surface area contributed by atoms with Gasteiger partial charge in [-0.05, 0) is 42.3 Å². The number of benzene rings is 2. The molecule has 3 heterocycles. The summed E-state index contributed by atoms with van der Waals surface area (Å²) in [6, 6.07) is 22.6. The molecule has 5 rings (SSSR count). The highest BCUT2D eigenvalue weighted by Crippen LogP contribution is 2.15. The summed E-state index contributed by atoms with van der Waals surface area (Å²) in [4.78, 5) is 9.20. The number of nitrogens with one attached hydrogen (secondary N) is 2. The predicted molar refractivity (Wildman–Crippen MR) is 130 cm³/mol. The van der Waals surface area contributed by atoms with E-state index in [0.29, 0.717) is 13.1 Å². The molecular weight excluding hydrogens is 412 g/mol. The SMILES string of the molecule is CCNC(=NCc1ccc(Cn2cnc3ccccc32)cc1)NCc1nnc2ccccn12. The van der Waals surface area contributed by atoms with Crippen molar-refractivity contribution in [1.29, 1.82) is 0 Å². The van der Waals surface area contributed by atoms with Gasteiger partial charge in [-0.15, -0.1) is 10.2 Å². The lowest BCUT2D eigenvalue weighted by molar-refractivity contribution is 0.765. The average molecular weight is 439 g/mol. The fourth-order valence-electron chi connectivity index (χ4n) is 3.77. The number of hydrogen-bond donors (Lipinski definition) is 2. The smallest absolute Gasteiger partial charge is 0.191 e. The zero-order valence-electron chi connectivity index (χ0n) is 18.5. The summed E-state index contributed by atoms with van der Waals surface area (Å²) in [5.41, 5.74) is 5.38. The molecule has 5 aromatic rings. The molecule has 0 fully saturated rings. The van der Waals surface area contributed by atoms with Crippen molar-refractivity contribution in [2.24, 2.45) is 4.99 Å². The fraction of sp³-hybridized carbons (Fsp3) is 0.200. The Morgan fingerprint density at radius 3 is 2.61 bits per heavy atom. The van der Waals surface area contributed by atoms with E-state index in [9.17, 15) is 0 Å². The van der Waals surface area contributed by atoms with E-state index >= 15 is 0 Å². The Hall–Kier alpha value is -4.20. The Balaban J connectivity index is 1.22. The molecule has 0 atom stereocenters. The number of aliphatic imine (C=N–C) groups is 1. The maximum atomic E-state index is 4.73. The highest BCUT2D eigenvalue weighted by atomic mass is 15.3. The molecule has 3 aromatic heterocycles. The van der Waals surface area contributed by atoms with Crippen LogP contribution in [0, 0.1) is 0 Å². The molecule has 2 aromatic carbocycles. The van der Waals surface area contributed by atoms with Crippen LogP contribution in [0.5, 0.6) is 0 Å². The Labute approximate surface area is 192 Å². The third-order valence-electron chi connectivity index (χ3n) is 5.47. The number of pyridine rings is 1. The second-order valence-electron chi connectivity index (χ2n) is 7.77. The number of guanidine groups is 1. The summed E-state index contributed by atoms with van der Waals surface area (Å²) in [5.74, 6) is 1.59. The van der Waals surface area contributed by atoms with E-state index in [2.05, 4.69) is 67.6 Å². The van der Waals surface area contributed by atoms with E-state index in [-0.39, 0.29) is 0 Å². The van der Waals surface area contributed by atoms with Crippen LogP contribution in [0.3, 0.4) is 0 Å². The third kappa shape index (κ3) is 4.69. The number of aromatic nitrogens is 5. The van der Waals surface area contributed by atoms with Crippen molar-refractivity contribution >= 4 is 22.6 Å². The molecule has 0 aliphatic carbocycles. The minimum Gasteiger partial charge on any atom is -0.357 e. The van der Waals surface area contributed by atoms with E-state index in [1.54, 1.807) is 0 Å². The average Bonchev–Trinajstić information content (AvgIpc) is 3.46. The van der Waals surface area contributed by atoms with Crippen molar-refractivity contribution < 1.29 is 0 Å². The van der Waals surface area contributed by atoms with E-state index in [1.165, 1.54) is 5.56 Å². The van der Waals surface area contributed by atoms with E-state index in [0.717, 1.165) is 47.1 Å². The number of fused-ring (bicyclic) bond motifs is 2. The van der Waals surface area contributed by atoms with Gasteiger partial charge in [0.05, 0.1) is 30.5 Å². The highest BCUT2D eigenvalue weighted by Gasteiger charge is 2.06. The van der Waals surface area contributed by atoms with Crippen molar-refractivity contribution in [3.05, 3.63) is 96.2 Å². The van der Waals surface area contributed by atoms with Crippen LogP contribution in [0.25, 0.3) is 16.7 Å². The Morgan fingerprint density at radius 1 is 0.909 bits per heavy atom. The normalized spacial score (nSPS) is 11.8. The molecule has 0 aliphatic rings. The lowest BCUT2D eigenvalue weighted by Crippen LogP contribution is -2.37. The van der Waals surface area contributed by atoms with Gasteiger partial charge in [-0.2, -0.15) is 0 Å². The van der Waals surface area contributed by atoms with Crippen LogP contribution in [0.15, 0.2) is 84.2 Å². The van der Waals surface area contributed by atoms with Crippen molar-refractivity contribution in [2.75, 3.05) is 6.54 Å². The van der Waals surface area contributed by atoms with Gasteiger partial charge in [-0.25, -0.2) is 9.98 Å². The number of para-hydroxylation sites is 2. The first-order chi connectivity index (χ1) is 16.3. The molecule has 0 amide bonds. The molecule has 2 N–H and O–H groups in total. The van der Waals surface area contributed by atoms with E-state index in [1.807, 2.05) is 53.3 Å². The van der Waals surface area contributed by atoms with Gasteiger partial charge in [-0.3, -0.25) is 4.40 Å². The van der Waals surface area contributed by atoms with Gasteiger partial charge in [0.25, 0.3) is 0 Å². The third-order valence-corrected chi connectivity index (χ3v) is 5.47. The van der Waals surface area contributed by atoms with Crippen molar-refractivity contribution in [3.8, 4) is 0 Å². The molecule has 0 saturated heterocycles. The summed E-state index contributed by atoms with van der Waals surface area (Å²) < 4.78 is 4.14. The first-order valence-electron chi connectivity index (χ1n) is 11.1. The van der Waals surface area contributed by atoms with Crippen LogP contribution in [-0.4, -0.2) is 36.7 Å². The largest absolute Gasteiger partial charge is 0.357 e. The summed E-state index contributed by atoms with van der Waals surface area (Å²) in [7, 11) is 0. The molecule has 0 saturated carbocycles. The molecule has 0 aliphatic heterocycles. The molecule has 0 bridgehead atoms. The number of imidazole rings is 1. The van der Waals surface area contributed by atoms with Crippen LogP contribution in [-0.2, 0) is 19.6 Å². The number of hydrogen-bond acceptors (Lipinski definition) is 4.